The van der Waals surface area contributed by atoms with E-state index in [1.807, 2.05) is 24.3 Å². The van der Waals surface area contributed by atoms with Crippen LogP contribution >= 0.6 is 15.2 Å². The van der Waals surface area contributed by atoms with Crippen molar-refractivity contribution >= 4 is 90.7 Å². The molecule has 0 heterocycles. The first kappa shape index (κ1) is 49.0. The molecule has 0 saturated heterocycles. The maximum Gasteiger partial charge on any atom is 2.00 e. The van der Waals surface area contributed by atoms with Gasteiger partial charge in [0, 0.05) is 0 Å². The van der Waals surface area contributed by atoms with Crippen LogP contribution < -0.4 is 19.6 Å². The molecule has 0 aliphatic rings. The van der Waals surface area contributed by atoms with Crippen LogP contribution in [0, 0.1) is 0 Å². The van der Waals surface area contributed by atoms with Gasteiger partial charge in [-0.3, -0.25) is 0 Å². The number of aryl methyl sites for hydroxylation is 6. The largest absolute Gasteiger partial charge is 2.00 e. The third kappa shape index (κ3) is 21.8. The summed E-state index contributed by atoms with van der Waals surface area (Å²) in [5, 5.41) is 20.8. The number of aromatic hydroxyl groups is 2. The Bertz CT molecular complexity index is 1060. The molecule has 252 valence electrons. The summed E-state index contributed by atoms with van der Waals surface area (Å²) >= 11 is 0. The van der Waals surface area contributed by atoms with Crippen LogP contribution in [0.5, 0.6) is 11.5 Å². The van der Waals surface area contributed by atoms with Crippen LogP contribution in [-0.4, -0.2) is 98.0 Å². The zero-order chi connectivity index (χ0) is 33.2. The van der Waals surface area contributed by atoms with Crippen LogP contribution in [0.15, 0.2) is 24.3 Å². The van der Waals surface area contributed by atoms with Crippen molar-refractivity contribution in [2.75, 3.05) is 12.3 Å². The molecule has 0 bridgehead atoms. The van der Waals surface area contributed by atoms with Gasteiger partial charge in [-0.05, 0) is 123 Å². The molecule has 2 aromatic carbocycles. The average molecular weight is 733 g/mol. The van der Waals surface area contributed by atoms with E-state index in [4.69, 9.17) is 0 Å². The van der Waals surface area contributed by atoms with Gasteiger partial charge in [-0.15, -0.1) is 0 Å². The molecule has 0 saturated carbocycles. The van der Waals surface area contributed by atoms with E-state index in [9.17, 15) is 38.9 Å². The van der Waals surface area contributed by atoms with Gasteiger partial charge in [-0.1, -0.05) is 92.8 Å². The molecule has 2 rings (SSSR count). The minimum Gasteiger partial charge on any atom is -0.811 e. The number of rotatable bonds is 20. The molecule has 0 aliphatic heterocycles. The summed E-state index contributed by atoms with van der Waals surface area (Å²) in [5.74, 6) is 0.785. The fraction of sp³-hybridized carbons (Fsp3) is 0.647. The molecule has 0 amide bonds. The van der Waals surface area contributed by atoms with E-state index in [-0.39, 0.29) is 87.8 Å². The van der Waals surface area contributed by atoms with Gasteiger partial charge in [0.25, 0.3) is 0 Å². The number of hydrogen-bond donors (Lipinski definition) is 2. The summed E-state index contributed by atoms with van der Waals surface area (Å²) in [7, 11) is -8.84. The summed E-state index contributed by atoms with van der Waals surface area (Å²) in [4.78, 5) is 42.9. The smallest absolute Gasteiger partial charge is 0.811 e. The number of hydrogen-bond acceptors (Lipinski definition) is 8. The van der Waals surface area contributed by atoms with Gasteiger partial charge in [-0.2, -0.15) is 0 Å². The van der Waals surface area contributed by atoms with Gasteiger partial charge < -0.3 is 38.9 Å². The number of unbranched alkanes of at least 4 members (excludes halogenated alkanes) is 4. The molecule has 2 N–H and O–H groups in total. The zero-order valence-electron chi connectivity index (χ0n) is 28.7. The minimum absolute atomic E-state index is 0. The van der Waals surface area contributed by atoms with E-state index < -0.39 is 15.2 Å². The predicted molar refractivity (Wildman–Crippen MR) is 184 cm³/mol. The van der Waals surface area contributed by atoms with Crippen molar-refractivity contribution in [2.24, 2.45) is 0 Å². The second kappa shape index (κ2) is 26.6. The Labute approximate surface area is 337 Å². The molecule has 0 spiro atoms. The second-order valence-electron chi connectivity index (χ2n) is 11.8. The first-order valence-electron chi connectivity index (χ1n) is 16.4. The standard InChI is InChI=1S/2C17H29O4P.2Ca/c2*1-3-5-9-15-12-14(8-7-11-22(19,20)21)13-16(17(15)18)10-6-4-2;;/h2*12-13,18H,3-11H2,1-2H3,(H2,19,20,21);;/q;;2*+2/p-4. The summed E-state index contributed by atoms with van der Waals surface area (Å²) in [6, 6.07) is 7.84. The number of phenols is 2. The molecule has 2 aromatic rings. The van der Waals surface area contributed by atoms with E-state index in [1.165, 1.54) is 0 Å². The Morgan fingerprint density at radius 2 is 0.717 bits per heavy atom. The Hall–Kier alpha value is 0.859. The molecule has 0 aliphatic carbocycles. The van der Waals surface area contributed by atoms with Crippen LogP contribution in [-0.2, 0) is 47.7 Å². The van der Waals surface area contributed by atoms with E-state index in [0.717, 1.165) is 110 Å². The van der Waals surface area contributed by atoms with Gasteiger partial charge in [0.15, 0.2) is 0 Å². The summed E-state index contributed by atoms with van der Waals surface area (Å²) in [6.45, 7) is 8.44. The molecular weight excluding hydrogens is 678 g/mol. The minimum atomic E-state index is -4.42. The molecule has 0 fully saturated rings. The van der Waals surface area contributed by atoms with Crippen LogP contribution in [0.4, 0.5) is 0 Å². The van der Waals surface area contributed by atoms with Gasteiger partial charge in [-0.25, -0.2) is 0 Å². The van der Waals surface area contributed by atoms with Crippen molar-refractivity contribution in [1.29, 1.82) is 0 Å². The third-order valence-electron chi connectivity index (χ3n) is 7.65. The van der Waals surface area contributed by atoms with Crippen LogP contribution in [0.25, 0.3) is 0 Å². The Morgan fingerprint density at radius 1 is 0.478 bits per heavy atom. The number of phenolic OH excluding ortho intramolecular Hbond substituents is 2. The van der Waals surface area contributed by atoms with Gasteiger partial charge in [0.2, 0.25) is 0 Å². The van der Waals surface area contributed by atoms with E-state index in [0.29, 0.717) is 37.2 Å². The molecule has 46 heavy (non-hydrogen) atoms. The van der Waals surface area contributed by atoms with Gasteiger partial charge in [0.1, 0.15) is 11.5 Å². The van der Waals surface area contributed by atoms with Crippen molar-refractivity contribution in [1.82, 2.24) is 0 Å². The SMILES string of the molecule is CCCCc1cc(CCCP(=O)([O-])[O-])cc(CCCC)c1O.CCCCc1cc(CCCP(=O)([O-])[O-])cc(CCCC)c1O.[Ca+2].[Ca+2]. The summed E-state index contributed by atoms with van der Waals surface area (Å²) in [5.41, 5.74) is 5.80. The predicted octanol–water partition coefficient (Wildman–Crippen LogP) is 5.09. The molecule has 0 aromatic heterocycles. The Kier molecular flexibility index (Phi) is 28.4. The van der Waals surface area contributed by atoms with Crippen molar-refractivity contribution in [2.45, 2.75) is 130 Å². The van der Waals surface area contributed by atoms with E-state index >= 15 is 0 Å². The van der Waals surface area contributed by atoms with Crippen molar-refractivity contribution in [3.8, 4) is 11.5 Å². The zero-order valence-corrected chi connectivity index (χ0v) is 34.9. The maximum absolute atomic E-state index is 10.7. The summed E-state index contributed by atoms with van der Waals surface area (Å²) in [6.07, 6.45) is 12.8. The third-order valence-corrected chi connectivity index (χ3v) is 9.38. The Morgan fingerprint density at radius 3 is 0.913 bits per heavy atom. The van der Waals surface area contributed by atoms with Crippen LogP contribution in [0.1, 0.15) is 125 Å². The quantitative estimate of drug-likeness (QED) is 0.140. The van der Waals surface area contributed by atoms with Gasteiger partial charge in [0.05, 0.1) is 0 Å². The molecule has 8 nitrogen and oxygen atoms in total. The van der Waals surface area contributed by atoms with Crippen molar-refractivity contribution < 1.29 is 38.9 Å². The summed E-state index contributed by atoms with van der Waals surface area (Å²) < 4.78 is 21.4. The normalized spacial score (nSPS) is 11.3. The van der Waals surface area contributed by atoms with Crippen LogP contribution in [0.3, 0.4) is 0 Å². The number of benzene rings is 2. The second-order valence-corrected chi connectivity index (χ2v) is 15.2. The monoisotopic (exact) mass is 732 g/mol. The Balaban J connectivity index is 0. The van der Waals surface area contributed by atoms with Gasteiger partial charge >= 0.3 is 75.5 Å². The first-order valence-corrected chi connectivity index (χ1v) is 19.9. The first-order chi connectivity index (χ1) is 20.7. The van der Waals surface area contributed by atoms with Crippen LogP contribution in [0.2, 0.25) is 0 Å². The molecular formula is C34H54Ca2O8P2. The fourth-order valence-corrected chi connectivity index (χ4v) is 6.23. The van der Waals surface area contributed by atoms with E-state index in [2.05, 4.69) is 27.7 Å². The van der Waals surface area contributed by atoms with Crippen molar-refractivity contribution in [3.63, 3.8) is 0 Å². The topological polar surface area (TPSA) is 167 Å². The molecule has 0 atom stereocenters. The fourth-order valence-electron chi connectivity index (χ4n) is 5.14. The molecule has 0 unspecified atom stereocenters. The maximum atomic E-state index is 10.7. The molecule has 12 heteroatoms. The molecule has 0 radical (unpaired) electrons. The average Bonchev–Trinajstić information content (AvgIpc) is 2.94. The van der Waals surface area contributed by atoms with E-state index in [1.54, 1.807) is 0 Å². The van der Waals surface area contributed by atoms with Crippen molar-refractivity contribution in [3.05, 3.63) is 57.6 Å².